The Kier molecular flexibility index (Phi) is 5.27. The molecule has 1 aromatic rings. The van der Waals surface area contributed by atoms with E-state index in [0.717, 1.165) is 36.1 Å². The normalized spacial score (nSPS) is 17.6. The van der Waals surface area contributed by atoms with Crippen LogP contribution in [0.5, 0.6) is 0 Å². The van der Waals surface area contributed by atoms with E-state index in [4.69, 9.17) is 11.6 Å². The highest BCUT2D eigenvalue weighted by Crippen LogP contribution is 2.32. The third-order valence-electron chi connectivity index (χ3n) is 3.45. The molecule has 106 valence electrons. The van der Waals surface area contributed by atoms with Gasteiger partial charge in [-0.05, 0) is 54.7 Å². The number of rotatable bonds is 4. The third kappa shape index (κ3) is 3.95. The molecule has 0 unspecified atom stereocenters. The molecule has 19 heavy (non-hydrogen) atoms. The number of nitrogen functional groups attached to an aromatic ring is 1. The van der Waals surface area contributed by atoms with Gasteiger partial charge in [0.05, 0.1) is 11.4 Å². The van der Waals surface area contributed by atoms with Crippen LogP contribution in [0.1, 0.15) is 12.8 Å². The van der Waals surface area contributed by atoms with Crippen molar-refractivity contribution >= 4 is 36.0 Å². The third-order valence-corrected chi connectivity index (χ3v) is 5.05. The molecule has 6 heteroatoms. The molecule has 0 saturated carbocycles. The summed E-state index contributed by atoms with van der Waals surface area (Å²) in [6, 6.07) is 6.04. The zero-order valence-electron chi connectivity index (χ0n) is 11.2. The lowest BCUT2D eigenvalue weighted by atomic mass is 10.0. The van der Waals surface area contributed by atoms with Gasteiger partial charge in [-0.1, -0.05) is 0 Å². The molecule has 0 bridgehead atoms. The molecule has 1 heterocycles. The van der Waals surface area contributed by atoms with E-state index < -0.39 is 0 Å². The molecule has 0 atom stereocenters. The topological polar surface area (TPSA) is 58.5 Å². The number of anilines is 2. The predicted octanol–water partition coefficient (Wildman–Crippen LogP) is 2.23. The van der Waals surface area contributed by atoms with E-state index in [1.165, 1.54) is 17.7 Å². The minimum absolute atomic E-state index is 0.722. The van der Waals surface area contributed by atoms with Crippen molar-refractivity contribution in [2.45, 2.75) is 17.7 Å². The van der Waals surface area contributed by atoms with Gasteiger partial charge in [0.2, 0.25) is 0 Å². The number of thiol groups is 1. The van der Waals surface area contributed by atoms with E-state index in [1.807, 2.05) is 12.1 Å². The summed E-state index contributed by atoms with van der Waals surface area (Å²) in [6.45, 7) is 2.24. The largest absolute Gasteiger partial charge is 0.397 e. The molecule has 1 aromatic carbocycles. The molecule has 0 amide bonds. The summed E-state index contributed by atoms with van der Waals surface area (Å²) < 4.78 is 2.40. The molecule has 4 N–H and O–H groups in total. The molecule has 1 saturated heterocycles. The monoisotopic (exact) mass is 298 g/mol. The average molecular weight is 298 g/mol. The van der Waals surface area contributed by atoms with Crippen molar-refractivity contribution in [3.8, 4) is 0 Å². The number of nitrogens with zero attached hydrogens (tertiary/aromatic N) is 2. The summed E-state index contributed by atoms with van der Waals surface area (Å²) in [7, 11) is 1.79. The molecule has 0 aromatic heterocycles. The van der Waals surface area contributed by atoms with Gasteiger partial charge in [0.1, 0.15) is 0 Å². The van der Waals surface area contributed by atoms with Crippen LogP contribution in [-0.2, 0) is 0 Å². The van der Waals surface area contributed by atoms with Gasteiger partial charge in [-0.3, -0.25) is 0 Å². The predicted molar refractivity (Wildman–Crippen MR) is 87.5 cm³/mol. The van der Waals surface area contributed by atoms with Crippen LogP contribution in [0.15, 0.2) is 23.1 Å². The molecule has 2 rings (SSSR count). The fourth-order valence-corrected chi connectivity index (χ4v) is 3.61. The molecule has 1 aliphatic heterocycles. The number of hydrogen-bond acceptors (Lipinski definition) is 6. The Hall–Kier alpha value is -0.560. The van der Waals surface area contributed by atoms with Gasteiger partial charge < -0.3 is 10.7 Å². The Balaban J connectivity index is 1.95. The molecule has 4 nitrogen and oxygen atoms in total. The average Bonchev–Trinajstić information content (AvgIpc) is 2.39. The van der Waals surface area contributed by atoms with Crippen LogP contribution in [0.3, 0.4) is 0 Å². The van der Waals surface area contributed by atoms with Crippen LogP contribution in [0, 0.1) is 5.92 Å². The summed E-state index contributed by atoms with van der Waals surface area (Å²) in [5.74, 6) is 7.49. The first-order valence-electron chi connectivity index (χ1n) is 6.52. The minimum Gasteiger partial charge on any atom is -0.397 e. The van der Waals surface area contributed by atoms with E-state index in [1.54, 1.807) is 24.0 Å². The molecule has 0 aliphatic carbocycles. The number of piperidine rings is 1. The summed E-state index contributed by atoms with van der Waals surface area (Å²) in [5.41, 5.74) is 7.59. The maximum Gasteiger partial charge on any atom is 0.0744 e. The van der Waals surface area contributed by atoms with Crippen molar-refractivity contribution in [3.05, 3.63) is 18.2 Å². The fourth-order valence-electron chi connectivity index (χ4n) is 2.24. The maximum atomic E-state index is 6.01. The van der Waals surface area contributed by atoms with Crippen LogP contribution < -0.4 is 16.6 Å². The molecule has 0 radical (unpaired) electrons. The highest BCUT2D eigenvalue weighted by Gasteiger charge is 2.19. The van der Waals surface area contributed by atoms with Gasteiger partial charge in [-0.2, -0.15) is 12.6 Å². The fraction of sp³-hybridized carbons (Fsp3) is 0.538. The summed E-state index contributed by atoms with van der Waals surface area (Å²) in [4.78, 5) is 1.17. The smallest absolute Gasteiger partial charge is 0.0744 e. The van der Waals surface area contributed by atoms with Crippen molar-refractivity contribution in [1.29, 1.82) is 0 Å². The first-order chi connectivity index (χ1) is 9.10. The Labute approximate surface area is 125 Å². The molecular formula is C13H22N4S2. The van der Waals surface area contributed by atoms with Gasteiger partial charge in [-0.15, -0.1) is 0 Å². The van der Waals surface area contributed by atoms with Crippen LogP contribution in [0.25, 0.3) is 0 Å². The second kappa shape index (κ2) is 6.74. The summed E-state index contributed by atoms with van der Waals surface area (Å²) in [6.07, 6.45) is 2.46. The van der Waals surface area contributed by atoms with Crippen molar-refractivity contribution in [1.82, 2.24) is 4.31 Å². The Bertz CT molecular complexity index is 417. The van der Waals surface area contributed by atoms with E-state index in [2.05, 4.69) is 23.0 Å². The highest BCUT2D eigenvalue weighted by molar-refractivity contribution is 7.97. The standard InChI is InChI=1S/C13H22N4S2/c1-16(15)13-3-2-11(8-12(13)14)19-17-6-4-10(9-18)5-7-17/h2-3,8,10,18H,4-7,9,14-15H2,1H3. The van der Waals surface area contributed by atoms with Crippen LogP contribution in [0.2, 0.25) is 0 Å². The molecule has 0 spiro atoms. The maximum absolute atomic E-state index is 6.01. The van der Waals surface area contributed by atoms with Crippen molar-refractivity contribution in [2.75, 3.05) is 36.6 Å². The summed E-state index contributed by atoms with van der Waals surface area (Å²) >= 11 is 6.16. The lowest BCUT2D eigenvalue weighted by Crippen LogP contribution is -2.29. The number of hydrazine groups is 1. The molecular weight excluding hydrogens is 276 g/mol. The van der Waals surface area contributed by atoms with Crippen molar-refractivity contribution in [2.24, 2.45) is 11.8 Å². The van der Waals surface area contributed by atoms with Crippen LogP contribution in [0.4, 0.5) is 11.4 Å². The lowest BCUT2D eigenvalue weighted by molar-refractivity contribution is 0.312. The first-order valence-corrected chi connectivity index (χ1v) is 7.92. The van der Waals surface area contributed by atoms with E-state index in [9.17, 15) is 0 Å². The zero-order chi connectivity index (χ0) is 13.8. The number of benzene rings is 1. The zero-order valence-corrected chi connectivity index (χ0v) is 13.0. The second-order valence-corrected chi connectivity index (χ2v) is 6.51. The lowest BCUT2D eigenvalue weighted by Gasteiger charge is -2.30. The Morgan fingerprint density at radius 3 is 2.63 bits per heavy atom. The first kappa shape index (κ1) is 14.8. The Morgan fingerprint density at radius 2 is 2.11 bits per heavy atom. The number of hydrogen-bond donors (Lipinski definition) is 3. The quantitative estimate of drug-likeness (QED) is 0.262. The van der Waals surface area contributed by atoms with Crippen LogP contribution >= 0.6 is 24.6 Å². The van der Waals surface area contributed by atoms with Crippen molar-refractivity contribution < 1.29 is 0 Å². The number of nitrogens with two attached hydrogens (primary N) is 2. The van der Waals surface area contributed by atoms with E-state index in [-0.39, 0.29) is 0 Å². The van der Waals surface area contributed by atoms with Gasteiger partial charge in [0.15, 0.2) is 0 Å². The second-order valence-electron chi connectivity index (χ2n) is 4.98. The van der Waals surface area contributed by atoms with Crippen LogP contribution in [-0.4, -0.2) is 30.2 Å². The van der Waals surface area contributed by atoms with Gasteiger partial charge in [0, 0.05) is 25.0 Å². The highest BCUT2D eigenvalue weighted by atomic mass is 32.2. The minimum atomic E-state index is 0.722. The Morgan fingerprint density at radius 1 is 1.42 bits per heavy atom. The van der Waals surface area contributed by atoms with Gasteiger partial charge in [0.25, 0.3) is 0 Å². The summed E-state index contributed by atoms with van der Waals surface area (Å²) in [5, 5.41) is 1.54. The van der Waals surface area contributed by atoms with E-state index >= 15 is 0 Å². The molecule has 1 fully saturated rings. The van der Waals surface area contributed by atoms with Gasteiger partial charge in [-0.25, -0.2) is 10.1 Å². The van der Waals surface area contributed by atoms with E-state index in [0.29, 0.717) is 0 Å². The molecule has 1 aliphatic rings. The SMILES string of the molecule is CN(N)c1ccc(SN2CCC(CS)CC2)cc1N. The van der Waals surface area contributed by atoms with Gasteiger partial charge >= 0.3 is 0 Å². The van der Waals surface area contributed by atoms with Crippen molar-refractivity contribution in [3.63, 3.8) is 0 Å².